The predicted molar refractivity (Wildman–Crippen MR) is 199 cm³/mol. The largest absolute Gasteiger partial charge is 0.469 e. The van der Waals surface area contributed by atoms with Crippen LogP contribution >= 0.6 is 0 Å². The standard InChI is InChI=1S/C16H16O6.2C8H8O3.4C2H6/c1-19-15(17)13-11(9-5-3-7-21-9)14(16(18)20-2)12(13)10-6-4-8-22-10;2*1-10-8(9)5-4-7-3-2-6-11-7;4*1-2/h3-8,11-14H,1-2H3;2*2-6H,1H3;4*1-2H3. The maximum absolute atomic E-state index is 12.2. The number of methoxy groups -OCH3 is 4. The SMILES string of the molecule is CC.CC.CC.CC.COC(=O)C1C(c2ccco2)C(C(=O)OC)C1c1ccco1.COC(=O)C=Cc1ccco1.COC(=O)C=Cc1ccco1. The molecule has 0 saturated heterocycles. The molecule has 0 aliphatic heterocycles. The Morgan fingerprint density at radius 2 is 0.788 bits per heavy atom. The highest BCUT2D eigenvalue weighted by Gasteiger charge is 2.61. The molecule has 12 heteroatoms. The normalized spacial score (nSPS) is 16.2. The summed E-state index contributed by atoms with van der Waals surface area (Å²) >= 11 is 0. The van der Waals surface area contributed by atoms with Gasteiger partial charge in [0.15, 0.2) is 0 Å². The van der Waals surface area contributed by atoms with E-state index in [4.69, 9.17) is 27.1 Å². The molecule has 4 aromatic heterocycles. The zero-order valence-electron chi connectivity index (χ0n) is 32.4. The molecular weight excluding hydrogens is 672 g/mol. The fraction of sp³-hybridized carbons (Fsp3) is 0.400. The molecule has 0 aromatic carbocycles. The van der Waals surface area contributed by atoms with E-state index in [1.54, 1.807) is 60.7 Å². The summed E-state index contributed by atoms with van der Waals surface area (Å²) in [5, 5.41) is 0. The van der Waals surface area contributed by atoms with Gasteiger partial charge in [-0.3, -0.25) is 9.59 Å². The maximum Gasteiger partial charge on any atom is 0.330 e. The van der Waals surface area contributed by atoms with Gasteiger partial charge in [-0.05, 0) is 60.7 Å². The summed E-state index contributed by atoms with van der Waals surface area (Å²) < 4.78 is 39.2. The van der Waals surface area contributed by atoms with Crippen molar-refractivity contribution in [3.63, 3.8) is 0 Å². The van der Waals surface area contributed by atoms with Gasteiger partial charge in [0.05, 0.1) is 65.3 Å². The first-order valence-electron chi connectivity index (χ1n) is 17.2. The van der Waals surface area contributed by atoms with Gasteiger partial charge in [-0.25, -0.2) is 9.59 Å². The van der Waals surface area contributed by atoms with Gasteiger partial charge in [0.25, 0.3) is 0 Å². The molecular formula is C40H56O12. The van der Waals surface area contributed by atoms with E-state index in [1.165, 1.54) is 65.6 Å². The predicted octanol–water partition coefficient (Wildman–Crippen LogP) is 9.37. The Morgan fingerprint density at radius 1 is 0.481 bits per heavy atom. The van der Waals surface area contributed by atoms with E-state index in [0.29, 0.717) is 23.0 Å². The molecule has 12 nitrogen and oxygen atoms in total. The van der Waals surface area contributed by atoms with E-state index in [-0.39, 0.29) is 11.9 Å². The third-order valence-corrected chi connectivity index (χ3v) is 6.49. The van der Waals surface area contributed by atoms with E-state index < -0.39 is 35.6 Å². The fourth-order valence-corrected chi connectivity index (χ4v) is 4.48. The van der Waals surface area contributed by atoms with Crippen molar-refractivity contribution < 1.29 is 55.8 Å². The van der Waals surface area contributed by atoms with Crippen molar-refractivity contribution in [1.29, 1.82) is 0 Å². The summed E-state index contributed by atoms with van der Waals surface area (Å²) in [4.78, 5) is 45.5. The number of hydrogen-bond donors (Lipinski definition) is 0. The molecule has 1 aliphatic rings. The van der Waals surface area contributed by atoms with Crippen LogP contribution in [0.1, 0.15) is 90.3 Å². The highest BCUT2D eigenvalue weighted by molar-refractivity contribution is 5.87. The van der Waals surface area contributed by atoms with Gasteiger partial charge in [-0.1, -0.05) is 55.4 Å². The third kappa shape index (κ3) is 16.0. The van der Waals surface area contributed by atoms with Crippen LogP contribution in [0.3, 0.4) is 0 Å². The lowest BCUT2D eigenvalue weighted by Gasteiger charge is -2.46. The van der Waals surface area contributed by atoms with Gasteiger partial charge >= 0.3 is 23.9 Å². The van der Waals surface area contributed by atoms with Crippen molar-refractivity contribution in [2.24, 2.45) is 11.8 Å². The molecule has 52 heavy (non-hydrogen) atoms. The molecule has 5 rings (SSSR count). The molecule has 1 fully saturated rings. The van der Waals surface area contributed by atoms with Crippen molar-refractivity contribution in [3.8, 4) is 0 Å². The Morgan fingerprint density at radius 3 is 1.02 bits per heavy atom. The minimum atomic E-state index is -0.550. The molecule has 288 valence electrons. The van der Waals surface area contributed by atoms with Crippen LogP contribution in [0, 0.1) is 11.8 Å². The van der Waals surface area contributed by atoms with Gasteiger partial charge in [0.1, 0.15) is 23.0 Å². The number of esters is 4. The number of carbonyl (C=O) groups excluding carboxylic acids is 4. The molecule has 4 heterocycles. The van der Waals surface area contributed by atoms with Crippen LogP contribution in [0.15, 0.2) is 103 Å². The van der Waals surface area contributed by atoms with Gasteiger partial charge in [-0.2, -0.15) is 0 Å². The first-order valence-corrected chi connectivity index (χ1v) is 17.2. The zero-order chi connectivity index (χ0) is 39.9. The van der Waals surface area contributed by atoms with Crippen molar-refractivity contribution >= 4 is 36.0 Å². The molecule has 1 saturated carbocycles. The second kappa shape index (κ2) is 30.3. The Bertz CT molecular complexity index is 1360. The molecule has 0 bridgehead atoms. The number of carbonyl (C=O) groups is 4. The van der Waals surface area contributed by atoms with Gasteiger partial charge in [0, 0.05) is 24.0 Å². The number of furan rings is 4. The highest BCUT2D eigenvalue weighted by atomic mass is 16.5. The molecule has 0 spiro atoms. The topological polar surface area (TPSA) is 158 Å². The van der Waals surface area contributed by atoms with Crippen LogP contribution in [-0.2, 0) is 38.1 Å². The lowest BCUT2D eigenvalue weighted by Crippen LogP contribution is -2.51. The summed E-state index contributed by atoms with van der Waals surface area (Å²) in [5.41, 5.74) is 0. The molecule has 0 unspecified atom stereocenters. The van der Waals surface area contributed by atoms with E-state index in [9.17, 15) is 19.2 Å². The Labute approximate surface area is 307 Å². The second-order valence-electron chi connectivity index (χ2n) is 8.92. The third-order valence-electron chi connectivity index (χ3n) is 6.49. The van der Waals surface area contributed by atoms with Crippen LogP contribution < -0.4 is 0 Å². The molecule has 0 N–H and O–H groups in total. The van der Waals surface area contributed by atoms with Gasteiger partial charge < -0.3 is 36.6 Å². The second-order valence-corrected chi connectivity index (χ2v) is 8.92. The van der Waals surface area contributed by atoms with Gasteiger partial charge in [-0.15, -0.1) is 0 Å². The number of ether oxygens (including phenoxy) is 4. The van der Waals surface area contributed by atoms with E-state index in [0.717, 1.165) is 0 Å². The summed E-state index contributed by atoms with van der Waals surface area (Å²) in [7, 11) is 5.31. The summed E-state index contributed by atoms with van der Waals surface area (Å²) in [6.45, 7) is 16.0. The Kier molecular flexibility index (Phi) is 28.3. The Balaban J connectivity index is 0. The van der Waals surface area contributed by atoms with Crippen molar-refractivity contribution in [2.45, 2.75) is 67.2 Å². The monoisotopic (exact) mass is 728 g/mol. The average Bonchev–Trinajstić information content (AvgIpc) is 4.06. The smallest absolute Gasteiger partial charge is 0.330 e. The maximum atomic E-state index is 12.2. The van der Waals surface area contributed by atoms with E-state index in [1.807, 2.05) is 55.4 Å². The van der Waals surface area contributed by atoms with Crippen LogP contribution in [-0.4, -0.2) is 52.3 Å². The molecule has 1 aliphatic carbocycles. The molecule has 0 radical (unpaired) electrons. The van der Waals surface area contributed by atoms with Crippen LogP contribution in [0.4, 0.5) is 0 Å². The van der Waals surface area contributed by atoms with Crippen molar-refractivity contribution in [2.75, 3.05) is 28.4 Å². The Hall–Kier alpha value is -5.52. The van der Waals surface area contributed by atoms with Crippen LogP contribution in [0.25, 0.3) is 12.2 Å². The van der Waals surface area contributed by atoms with Crippen molar-refractivity contribution in [1.82, 2.24) is 0 Å². The summed E-state index contributed by atoms with van der Waals surface area (Å²) in [6, 6.07) is 13.9. The molecule has 0 atom stereocenters. The minimum Gasteiger partial charge on any atom is -0.469 e. The van der Waals surface area contributed by atoms with Gasteiger partial charge in [0.2, 0.25) is 0 Å². The fourth-order valence-electron chi connectivity index (χ4n) is 4.48. The first kappa shape index (κ1) is 48.6. The highest BCUT2D eigenvalue weighted by Crippen LogP contribution is 2.58. The first-order chi connectivity index (χ1) is 25.3. The van der Waals surface area contributed by atoms with Crippen LogP contribution in [0.2, 0.25) is 0 Å². The molecule has 0 amide bonds. The molecule has 4 aromatic rings. The van der Waals surface area contributed by atoms with Crippen LogP contribution in [0.5, 0.6) is 0 Å². The van der Waals surface area contributed by atoms with Crippen molar-refractivity contribution in [3.05, 3.63) is 109 Å². The average molecular weight is 729 g/mol. The lowest BCUT2D eigenvalue weighted by molar-refractivity contribution is -0.165. The zero-order valence-corrected chi connectivity index (χ0v) is 32.4. The minimum absolute atomic E-state index is 0.388. The quantitative estimate of drug-likeness (QED) is 0.0963. The lowest BCUT2D eigenvalue weighted by atomic mass is 9.55. The van der Waals surface area contributed by atoms with E-state index >= 15 is 0 Å². The van der Waals surface area contributed by atoms with E-state index in [2.05, 4.69) is 9.47 Å². The number of rotatable bonds is 8. The summed E-state index contributed by atoms with van der Waals surface area (Å²) in [5.74, 6) is -1.13. The number of hydrogen-bond acceptors (Lipinski definition) is 12. The summed E-state index contributed by atoms with van der Waals surface area (Å²) in [6.07, 6.45) is 11.8.